The highest BCUT2D eigenvalue weighted by Gasteiger charge is 2.45. The third-order valence-corrected chi connectivity index (χ3v) is 6.59. The number of ketones is 1. The predicted octanol–water partition coefficient (Wildman–Crippen LogP) is 5.44. The van der Waals surface area contributed by atoms with Gasteiger partial charge >= 0.3 is 0 Å². The maximum atomic E-state index is 13.8. The second-order valence-corrected chi connectivity index (χ2v) is 8.37. The van der Waals surface area contributed by atoms with Crippen molar-refractivity contribution >= 4 is 17.5 Å². The van der Waals surface area contributed by atoms with Crippen LogP contribution in [0.3, 0.4) is 0 Å². The largest absolute Gasteiger partial charge is 0.472 e. The van der Waals surface area contributed by atoms with Gasteiger partial charge in [-0.15, -0.1) is 11.8 Å². The van der Waals surface area contributed by atoms with Crippen molar-refractivity contribution in [1.29, 1.82) is 0 Å². The summed E-state index contributed by atoms with van der Waals surface area (Å²) in [5, 5.41) is 0.885. The average Bonchev–Trinajstić information content (AvgIpc) is 3.28. The molecule has 1 aliphatic heterocycles. The topological polar surface area (TPSA) is 57.0 Å². The molecular formula is C25H21N3O2S. The number of hydrogen-bond acceptors (Lipinski definition) is 5. The number of para-hydroxylation sites is 2. The first-order valence-electron chi connectivity index (χ1n) is 10.2. The number of carbonyl (C=O) groups excluding carboxylic acids is 1. The molecule has 31 heavy (non-hydrogen) atoms. The number of thioether (sulfide) groups is 1. The van der Waals surface area contributed by atoms with Crippen molar-refractivity contribution in [3.05, 3.63) is 102 Å². The molecule has 6 heteroatoms. The van der Waals surface area contributed by atoms with E-state index < -0.39 is 5.60 Å². The van der Waals surface area contributed by atoms with E-state index in [1.807, 2.05) is 66.2 Å². The zero-order chi connectivity index (χ0) is 21.3. The van der Waals surface area contributed by atoms with E-state index in [9.17, 15) is 4.79 Å². The van der Waals surface area contributed by atoms with Crippen LogP contribution in [0.25, 0.3) is 5.69 Å². The van der Waals surface area contributed by atoms with Gasteiger partial charge in [-0.2, -0.15) is 0 Å². The Hall–Kier alpha value is -3.38. The number of benzene rings is 2. The van der Waals surface area contributed by atoms with Crippen LogP contribution >= 0.6 is 11.8 Å². The second-order valence-electron chi connectivity index (χ2n) is 7.37. The van der Waals surface area contributed by atoms with Crippen molar-refractivity contribution in [2.75, 3.05) is 0 Å². The minimum absolute atomic E-state index is 0.0297. The second kappa shape index (κ2) is 8.04. The number of nitrogens with zero attached hydrogens (tertiary/aromatic N) is 3. The summed E-state index contributed by atoms with van der Waals surface area (Å²) in [6, 6.07) is 19.7. The maximum absolute atomic E-state index is 13.8. The molecule has 0 radical (unpaired) electrons. The molecule has 0 fully saturated rings. The smallest absolute Gasteiger partial charge is 0.227 e. The van der Waals surface area contributed by atoms with Gasteiger partial charge in [0.1, 0.15) is 10.8 Å². The molecule has 2 aromatic carbocycles. The molecule has 5 rings (SSSR count). The van der Waals surface area contributed by atoms with Gasteiger partial charge in [-0.25, -0.2) is 4.98 Å². The minimum atomic E-state index is -1.07. The molecule has 0 spiro atoms. The summed E-state index contributed by atoms with van der Waals surface area (Å²) in [5.74, 6) is 1.45. The van der Waals surface area contributed by atoms with Crippen LogP contribution in [0.5, 0.6) is 5.75 Å². The fourth-order valence-electron chi connectivity index (χ4n) is 3.97. The van der Waals surface area contributed by atoms with Crippen molar-refractivity contribution in [1.82, 2.24) is 14.5 Å². The van der Waals surface area contributed by atoms with Crippen LogP contribution in [0.15, 0.2) is 90.5 Å². The molecule has 4 aromatic rings. The summed E-state index contributed by atoms with van der Waals surface area (Å²) in [7, 11) is 0. The standard InChI is InChI=1S/C25H21N3O2S/c1-2-25(19-11-9-18(10-12-19)17-31-23-16-26-13-14-27-23)24(29)21-7-5-15-28(21)20-6-3-4-8-22(20)30-25/h3-16H,2,17H2,1H3. The molecule has 1 aliphatic rings. The number of hydrogen-bond donors (Lipinski definition) is 0. The van der Waals surface area contributed by atoms with E-state index in [4.69, 9.17) is 4.74 Å². The number of ether oxygens (including phenoxy) is 1. The fraction of sp³-hybridized carbons (Fsp3) is 0.160. The van der Waals surface area contributed by atoms with Crippen LogP contribution < -0.4 is 4.74 Å². The van der Waals surface area contributed by atoms with Gasteiger partial charge in [0.25, 0.3) is 0 Å². The summed E-state index contributed by atoms with van der Waals surface area (Å²) in [6.07, 6.45) is 7.56. The third-order valence-electron chi connectivity index (χ3n) is 5.60. The molecule has 1 unspecified atom stereocenters. The Morgan fingerprint density at radius 3 is 2.65 bits per heavy atom. The maximum Gasteiger partial charge on any atom is 0.227 e. The number of carbonyl (C=O) groups is 1. The summed E-state index contributed by atoms with van der Waals surface area (Å²) in [6.45, 7) is 2.00. The Morgan fingerprint density at radius 2 is 1.87 bits per heavy atom. The zero-order valence-corrected chi connectivity index (χ0v) is 17.9. The first-order chi connectivity index (χ1) is 15.2. The molecule has 0 saturated heterocycles. The first kappa shape index (κ1) is 19.6. The Kier molecular flexibility index (Phi) is 5.08. The van der Waals surface area contributed by atoms with E-state index in [0.29, 0.717) is 17.9 Å². The lowest BCUT2D eigenvalue weighted by Crippen LogP contribution is -2.41. The number of fused-ring (bicyclic) bond motifs is 3. The van der Waals surface area contributed by atoms with Gasteiger partial charge in [0, 0.05) is 29.9 Å². The molecule has 5 nitrogen and oxygen atoms in total. The summed E-state index contributed by atoms with van der Waals surface area (Å²) >= 11 is 1.63. The lowest BCUT2D eigenvalue weighted by Gasteiger charge is -2.31. The molecule has 0 saturated carbocycles. The van der Waals surface area contributed by atoms with Gasteiger partial charge in [0.05, 0.1) is 17.6 Å². The quantitative estimate of drug-likeness (QED) is 0.397. The van der Waals surface area contributed by atoms with Gasteiger partial charge in [0.2, 0.25) is 5.78 Å². The SMILES string of the molecule is CCC1(c2ccc(CSc3cnccn3)cc2)Oc2ccccc2-n2cccc2C1=O. The molecule has 0 aliphatic carbocycles. The average molecular weight is 428 g/mol. The lowest BCUT2D eigenvalue weighted by atomic mass is 9.84. The van der Waals surface area contributed by atoms with Crippen molar-refractivity contribution in [2.45, 2.75) is 29.7 Å². The third kappa shape index (κ3) is 3.43. The highest BCUT2D eigenvalue weighted by Crippen LogP contribution is 2.41. The molecule has 2 aromatic heterocycles. The highest BCUT2D eigenvalue weighted by molar-refractivity contribution is 7.98. The molecule has 3 heterocycles. The van der Waals surface area contributed by atoms with Gasteiger partial charge in [-0.1, -0.05) is 43.3 Å². The lowest BCUT2D eigenvalue weighted by molar-refractivity contribution is 0.0424. The van der Waals surface area contributed by atoms with Gasteiger partial charge < -0.3 is 9.30 Å². The highest BCUT2D eigenvalue weighted by atomic mass is 32.2. The van der Waals surface area contributed by atoms with Gasteiger partial charge in [-0.05, 0) is 36.2 Å². The van der Waals surface area contributed by atoms with Crippen LogP contribution in [0.2, 0.25) is 0 Å². The Morgan fingerprint density at radius 1 is 1.03 bits per heavy atom. The van der Waals surface area contributed by atoms with Crippen LogP contribution in [-0.4, -0.2) is 20.3 Å². The van der Waals surface area contributed by atoms with Crippen LogP contribution in [0, 0.1) is 0 Å². The monoisotopic (exact) mass is 427 g/mol. The minimum Gasteiger partial charge on any atom is -0.472 e. The Balaban J connectivity index is 1.50. The number of Topliss-reactive ketones (excluding diaryl/α,β-unsaturated/α-hetero) is 1. The van der Waals surface area contributed by atoms with E-state index in [1.165, 1.54) is 0 Å². The van der Waals surface area contributed by atoms with Crippen molar-refractivity contribution in [3.63, 3.8) is 0 Å². The van der Waals surface area contributed by atoms with Crippen LogP contribution in [0.4, 0.5) is 0 Å². The number of rotatable bonds is 5. The normalized spacial score (nSPS) is 17.4. The molecule has 154 valence electrons. The van der Waals surface area contributed by atoms with E-state index >= 15 is 0 Å². The fourth-order valence-corrected chi connectivity index (χ4v) is 4.75. The van der Waals surface area contributed by atoms with E-state index in [1.54, 1.807) is 30.4 Å². The molecule has 0 N–H and O–H groups in total. The van der Waals surface area contributed by atoms with E-state index in [0.717, 1.165) is 27.6 Å². The Labute approximate surface area is 185 Å². The Bertz CT molecular complexity index is 1220. The van der Waals surface area contributed by atoms with Crippen LogP contribution in [-0.2, 0) is 11.4 Å². The zero-order valence-electron chi connectivity index (χ0n) is 17.1. The summed E-state index contributed by atoms with van der Waals surface area (Å²) in [5.41, 5.74) is 2.45. The molecule has 0 bridgehead atoms. The van der Waals surface area contributed by atoms with Crippen LogP contribution in [0.1, 0.15) is 35.0 Å². The molecule has 0 amide bonds. The number of aromatic nitrogens is 3. The summed E-state index contributed by atoms with van der Waals surface area (Å²) in [4.78, 5) is 22.2. The molecular weight excluding hydrogens is 406 g/mol. The van der Waals surface area contributed by atoms with E-state index in [-0.39, 0.29) is 5.78 Å². The van der Waals surface area contributed by atoms with Crippen molar-refractivity contribution in [3.8, 4) is 11.4 Å². The molecule has 1 atom stereocenters. The van der Waals surface area contributed by atoms with Crippen molar-refractivity contribution < 1.29 is 9.53 Å². The summed E-state index contributed by atoms with van der Waals surface area (Å²) < 4.78 is 8.43. The van der Waals surface area contributed by atoms with E-state index in [2.05, 4.69) is 22.1 Å². The first-order valence-corrected chi connectivity index (χ1v) is 11.2. The van der Waals surface area contributed by atoms with Gasteiger partial charge in [-0.3, -0.25) is 9.78 Å². The van der Waals surface area contributed by atoms with Gasteiger partial charge in [0.15, 0.2) is 5.60 Å². The predicted molar refractivity (Wildman–Crippen MR) is 121 cm³/mol. The van der Waals surface area contributed by atoms with Crippen molar-refractivity contribution in [2.24, 2.45) is 0 Å².